The summed E-state index contributed by atoms with van der Waals surface area (Å²) < 4.78 is 23.1. The molecule has 0 radical (unpaired) electrons. The molecular weight excluding hydrogens is 282 g/mol. The number of sulfone groups is 1. The fourth-order valence-electron chi connectivity index (χ4n) is 3.28. The SMILES string of the molecule is CC1CCCC1C(=O)N(CC(=O)O)C1CCS(=O)(=O)C1. The van der Waals surface area contributed by atoms with Gasteiger partial charge < -0.3 is 10.0 Å². The number of hydrogen-bond donors (Lipinski definition) is 1. The molecule has 1 aliphatic heterocycles. The van der Waals surface area contributed by atoms with Crippen molar-refractivity contribution in [2.75, 3.05) is 18.1 Å². The van der Waals surface area contributed by atoms with Gasteiger partial charge in [-0.25, -0.2) is 8.42 Å². The maximum absolute atomic E-state index is 12.6. The Kier molecular flexibility index (Phi) is 4.36. The van der Waals surface area contributed by atoms with E-state index in [1.165, 1.54) is 4.90 Å². The van der Waals surface area contributed by atoms with E-state index >= 15 is 0 Å². The summed E-state index contributed by atoms with van der Waals surface area (Å²) in [6.45, 7) is 1.60. The maximum atomic E-state index is 12.6. The highest BCUT2D eigenvalue weighted by atomic mass is 32.2. The maximum Gasteiger partial charge on any atom is 0.323 e. The van der Waals surface area contributed by atoms with E-state index in [1.54, 1.807) is 0 Å². The monoisotopic (exact) mass is 303 g/mol. The summed E-state index contributed by atoms with van der Waals surface area (Å²) in [7, 11) is -3.13. The van der Waals surface area contributed by atoms with Crippen molar-refractivity contribution in [1.82, 2.24) is 4.90 Å². The topological polar surface area (TPSA) is 91.8 Å². The van der Waals surface area contributed by atoms with Crippen LogP contribution in [0.15, 0.2) is 0 Å². The van der Waals surface area contributed by atoms with Gasteiger partial charge in [0, 0.05) is 12.0 Å². The minimum atomic E-state index is -3.13. The van der Waals surface area contributed by atoms with Crippen LogP contribution in [-0.2, 0) is 19.4 Å². The van der Waals surface area contributed by atoms with E-state index in [-0.39, 0.29) is 29.2 Å². The molecule has 1 aliphatic carbocycles. The Morgan fingerprint density at radius 1 is 1.25 bits per heavy atom. The minimum Gasteiger partial charge on any atom is -0.480 e. The first kappa shape index (κ1) is 15.3. The Bertz CT molecular complexity index is 501. The molecule has 3 atom stereocenters. The van der Waals surface area contributed by atoms with Gasteiger partial charge in [-0.05, 0) is 25.2 Å². The van der Waals surface area contributed by atoms with Crippen molar-refractivity contribution >= 4 is 21.7 Å². The van der Waals surface area contributed by atoms with Gasteiger partial charge in [0.25, 0.3) is 0 Å². The highest BCUT2D eigenvalue weighted by molar-refractivity contribution is 7.91. The molecule has 2 fully saturated rings. The van der Waals surface area contributed by atoms with Crippen molar-refractivity contribution in [2.45, 2.75) is 38.6 Å². The zero-order valence-electron chi connectivity index (χ0n) is 11.6. The molecule has 0 aromatic heterocycles. The lowest BCUT2D eigenvalue weighted by Crippen LogP contribution is -2.47. The number of carbonyl (C=O) groups is 2. The van der Waals surface area contributed by atoms with E-state index in [1.807, 2.05) is 6.92 Å². The van der Waals surface area contributed by atoms with Crippen LogP contribution in [0.1, 0.15) is 32.6 Å². The molecule has 2 aliphatic rings. The van der Waals surface area contributed by atoms with Gasteiger partial charge in [-0.2, -0.15) is 0 Å². The Labute approximate surface area is 119 Å². The Hall–Kier alpha value is -1.11. The van der Waals surface area contributed by atoms with Gasteiger partial charge in [-0.3, -0.25) is 9.59 Å². The van der Waals surface area contributed by atoms with E-state index < -0.39 is 28.4 Å². The molecule has 1 heterocycles. The number of carboxylic acids is 1. The second-order valence-corrected chi connectivity index (χ2v) is 8.16. The third-order valence-electron chi connectivity index (χ3n) is 4.42. The molecule has 6 nitrogen and oxygen atoms in total. The average molecular weight is 303 g/mol. The van der Waals surface area contributed by atoms with Crippen LogP contribution >= 0.6 is 0 Å². The van der Waals surface area contributed by atoms with Crippen molar-refractivity contribution in [1.29, 1.82) is 0 Å². The number of nitrogens with zero attached hydrogens (tertiary/aromatic N) is 1. The lowest BCUT2D eigenvalue weighted by atomic mass is 9.95. The van der Waals surface area contributed by atoms with Crippen LogP contribution in [0.5, 0.6) is 0 Å². The molecule has 20 heavy (non-hydrogen) atoms. The fraction of sp³-hybridized carbons (Fsp3) is 0.846. The van der Waals surface area contributed by atoms with Gasteiger partial charge in [0.1, 0.15) is 6.54 Å². The first-order chi connectivity index (χ1) is 9.30. The van der Waals surface area contributed by atoms with Gasteiger partial charge >= 0.3 is 5.97 Å². The first-order valence-corrected chi connectivity index (χ1v) is 8.85. The molecule has 7 heteroatoms. The number of hydrogen-bond acceptors (Lipinski definition) is 4. The number of carboxylic acid groups (broad SMARTS) is 1. The zero-order valence-corrected chi connectivity index (χ0v) is 12.4. The molecule has 1 amide bonds. The number of rotatable bonds is 4. The van der Waals surface area contributed by atoms with Gasteiger partial charge in [0.2, 0.25) is 5.91 Å². The van der Waals surface area contributed by atoms with E-state index in [2.05, 4.69) is 0 Å². The standard InChI is InChI=1S/C13H21NO5S/c1-9-3-2-4-11(9)13(17)14(7-12(15)16)10-5-6-20(18,19)8-10/h9-11H,2-8H2,1H3,(H,15,16). The minimum absolute atomic E-state index is 0.0429. The summed E-state index contributed by atoms with van der Waals surface area (Å²) in [5.41, 5.74) is 0. The fourth-order valence-corrected chi connectivity index (χ4v) is 5.01. The van der Waals surface area contributed by atoms with Crippen molar-refractivity contribution < 1.29 is 23.1 Å². The predicted octanol–water partition coefficient (Wildman–Crippen LogP) is 0.523. The van der Waals surface area contributed by atoms with E-state index in [0.29, 0.717) is 6.42 Å². The number of amides is 1. The first-order valence-electron chi connectivity index (χ1n) is 7.03. The third-order valence-corrected chi connectivity index (χ3v) is 6.17. The van der Waals surface area contributed by atoms with Crippen LogP contribution in [0.2, 0.25) is 0 Å². The lowest BCUT2D eigenvalue weighted by Gasteiger charge is -2.30. The third kappa shape index (κ3) is 3.31. The second-order valence-electron chi connectivity index (χ2n) is 5.93. The molecular formula is C13H21NO5S. The summed E-state index contributed by atoms with van der Waals surface area (Å²) in [6.07, 6.45) is 3.07. The van der Waals surface area contributed by atoms with Crippen LogP contribution in [0.4, 0.5) is 0 Å². The van der Waals surface area contributed by atoms with Crippen molar-refractivity contribution in [3.8, 4) is 0 Å². The average Bonchev–Trinajstić information content (AvgIpc) is 2.91. The van der Waals surface area contributed by atoms with Gasteiger partial charge in [0.05, 0.1) is 11.5 Å². The zero-order chi connectivity index (χ0) is 14.9. The normalized spacial score (nSPS) is 32.1. The molecule has 2 rings (SSSR count). The predicted molar refractivity (Wildman–Crippen MR) is 72.9 cm³/mol. The Morgan fingerprint density at radius 3 is 2.40 bits per heavy atom. The molecule has 0 bridgehead atoms. The molecule has 0 spiro atoms. The molecule has 1 saturated carbocycles. The number of carbonyl (C=O) groups excluding carboxylic acids is 1. The highest BCUT2D eigenvalue weighted by Gasteiger charge is 2.40. The van der Waals surface area contributed by atoms with Gasteiger partial charge in [-0.1, -0.05) is 13.3 Å². The summed E-state index contributed by atoms with van der Waals surface area (Å²) in [6, 6.07) is -0.476. The summed E-state index contributed by atoms with van der Waals surface area (Å²) in [5.74, 6) is -1.24. The summed E-state index contributed by atoms with van der Waals surface area (Å²) in [5, 5.41) is 8.99. The Morgan fingerprint density at radius 2 is 1.95 bits per heavy atom. The van der Waals surface area contributed by atoms with Crippen LogP contribution < -0.4 is 0 Å². The highest BCUT2D eigenvalue weighted by Crippen LogP contribution is 2.33. The van der Waals surface area contributed by atoms with Crippen LogP contribution in [0, 0.1) is 11.8 Å². The molecule has 1 N–H and O–H groups in total. The lowest BCUT2D eigenvalue weighted by molar-refractivity contribution is -0.148. The van der Waals surface area contributed by atoms with Gasteiger partial charge in [-0.15, -0.1) is 0 Å². The van der Waals surface area contributed by atoms with Crippen LogP contribution in [0.3, 0.4) is 0 Å². The van der Waals surface area contributed by atoms with Gasteiger partial charge in [0.15, 0.2) is 9.84 Å². The molecule has 1 saturated heterocycles. The van der Waals surface area contributed by atoms with Crippen molar-refractivity contribution in [3.05, 3.63) is 0 Å². The van der Waals surface area contributed by atoms with E-state index in [0.717, 1.165) is 19.3 Å². The number of aliphatic carboxylic acids is 1. The molecule has 0 aromatic carbocycles. The summed E-state index contributed by atoms with van der Waals surface area (Å²) in [4.78, 5) is 24.8. The quantitative estimate of drug-likeness (QED) is 0.817. The Balaban J connectivity index is 2.15. The second kappa shape index (κ2) is 5.71. The largest absolute Gasteiger partial charge is 0.480 e. The molecule has 0 aromatic rings. The molecule has 3 unspecified atom stereocenters. The van der Waals surface area contributed by atoms with E-state index in [4.69, 9.17) is 5.11 Å². The van der Waals surface area contributed by atoms with Crippen molar-refractivity contribution in [3.63, 3.8) is 0 Å². The van der Waals surface area contributed by atoms with Crippen LogP contribution in [0.25, 0.3) is 0 Å². The summed E-state index contributed by atoms with van der Waals surface area (Å²) >= 11 is 0. The van der Waals surface area contributed by atoms with Crippen LogP contribution in [-0.4, -0.2) is 54.4 Å². The van der Waals surface area contributed by atoms with E-state index in [9.17, 15) is 18.0 Å². The van der Waals surface area contributed by atoms with Crippen molar-refractivity contribution in [2.24, 2.45) is 11.8 Å². The smallest absolute Gasteiger partial charge is 0.323 e. The molecule has 114 valence electrons.